The summed E-state index contributed by atoms with van der Waals surface area (Å²) in [6, 6.07) is 5.69. The van der Waals surface area contributed by atoms with Crippen molar-refractivity contribution in [2.45, 2.75) is 18.9 Å². The summed E-state index contributed by atoms with van der Waals surface area (Å²) in [7, 11) is 7.43. The fourth-order valence-corrected chi connectivity index (χ4v) is 1.67. The van der Waals surface area contributed by atoms with Gasteiger partial charge in [-0.1, -0.05) is 0 Å². The normalized spacial score (nSPS) is 14.2. The highest BCUT2D eigenvalue weighted by molar-refractivity contribution is 5.95. The lowest BCUT2D eigenvalue weighted by Crippen LogP contribution is -2.22. The number of rotatable bonds is 4. The molecule has 0 radical (unpaired) electrons. The molecule has 98 valence electrons. The minimum Gasteiger partial charge on any atom is -0.490 e. The van der Waals surface area contributed by atoms with E-state index in [1.54, 1.807) is 19.0 Å². The number of ether oxygens (including phenoxy) is 1. The average molecular weight is 248 g/mol. The Kier molecular flexibility index (Phi) is 3.45. The Morgan fingerprint density at radius 2 is 1.83 bits per heavy atom. The van der Waals surface area contributed by atoms with Gasteiger partial charge in [-0.25, -0.2) is 0 Å². The van der Waals surface area contributed by atoms with Gasteiger partial charge in [0.25, 0.3) is 5.91 Å². The van der Waals surface area contributed by atoms with Gasteiger partial charge in [-0.2, -0.15) is 0 Å². The molecule has 1 aromatic rings. The van der Waals surface area contributed by atoms with Crippen LogP contribution >= 0.6 is 0 Å². The molecule has 1 fully saturated rings. The zero-order valence-corrected chi connectivity index (χ0v) is 11.4. The Balaban J connectivity index is 2.32. The number of carbonyl (C=O) groups excluding carboxylic acids is 1. The first-order valence-electron chi connectivity index (χ1n) is 6.18. The molecule has 0 aliphatic heterocycles. The van der Waals surface area contributed by atoms with E-state index in [0.717, 1.165) is 24.3 Å². The average Bonchev–Trinajstić information content (AvgIpc) is 3.11. The quantitative estimate of drug-likeness (QED) is 0.817. The van der Waals surface area contributed by atoms with Crippen molar-refractivity contribution in [1.29, 1.82) is 0 Å². The van der Waals surface area contributed by atoms with Crippen molar-refractivity contribution in [3.8, 4) is 5.75 Å². The van der Waals surface area contributed by atoms with E-state index in [1.807, 2.05) is 37.2 Å². The Morgan fingerprint density at radius 1 is 1.17 bits per heavy atom. The molecule has 1 aromatic carbocycles. The molecule has 1 aliphatic rings. The predicted molar refractivity (Wildman–Crippen MR) is 72.4 cm³/mol. The molecular formula is C14H20N2O2. The van der Waals surface area contributed by atoms with E-state index in [4.69, 9.17) is 4.74 Å². The minimum absolute atomic E-state index is 0.000605. The molecule has 4 nitrogen and oxygen atoms in total. The van der Waals surface area contributed by atoms with Crippen LogP contribution in [0.15, 0.2) is 18.2 Å². The van der Waals surface area contributed by atoms with Crippen LogP contribution < -0.4 is 9.64 Å². The SMILES string of the molecule is CN(C)C(=O)c1cc(OC2CC2)cc(N(C)C)c1. The van der Waals surface area contributed by atoms with Crippen molar-refractivity contribution in [2.24, 2.45) is 0 Å². The molecule has 0 saturated heterocycles. The van der Waals surface area contributed by atoms with Gasteiger partial charge in [0.05, 0.1) is 6.10 Å². The van der Waals surface area contributed by atoms with Crippen LogP contribution in [-0.2, 0) is 0 Å². The van der Waals surface area contributed by atoms with Crippen LogP contribution in [0.2, 0.25) is 0 Å². The van der Waals surface area contributed by atoms with Crippen LogP contribution in [0.25, 0.3) is 0 Å². The summed E-state index contributed by atoms with van der Waals surface area (Å²) in [6.07, 6.45) is 2.57. The third-order valence-corrected chi connectivity index (χ3v) is 2.89. The lowest BCUT2D eigenvalue weighted by molar-refractivity contribution is 0.0827. The van der Waals surface area contributed by atoms with Gasteiger partial charge in [-0.3, -0.25) is 4.79 Å². The zero-order chi connectivity index (χ0) is 13.3. The maximum Gasteiger partial charge on any atom is 0.253 e. The summed E-state index contributed by atoms with van der Waals surface area (Å²) in [4.78, 5) is 15.6. The van der Waals surface area contributed by atoms with Gasteiger partial charge in [0, 0.05) is 45.5 Å². The highest BCUT2D eigenvalue weighted by atomic mass is 16.5. The van der Waals surface area contributed by atoms with E-state index >= 15 is 0 Å². The van der Waals surface area contributed by atoms with Gasteiger partial charge >= 0.3 is 0 Å². The minimum atomic E-state index is -0.000605. The number of carbonyl (C=O) groups is 1. The van der Waals surface area contributed by atoms with Crippen molar-refractivity contribution in [3.63, 3.8) is 0 Å². The predicted octanol–water partition coefficient (Wildman–Crippen LogP) is 2.00. The molecule has 1 amide bonds. The summed E-state index contributed by atoms with van der Waals surface area (Å²) in [5.74, 6) is 0.785. The molecule has 2 rings (SSSR count). The molecule has 0 atom stereocenters. The highest BCUT2D eigenvalue weighted by Gasteiger charge is 2.24. The van der Waals surface area contributed by atoms with E-state index < -0.39 is 0 Å². The standard InChI is InChI=1S/C14H20N2O2/c1-15(2)11-7-10(14(17)16(3)4)8-13(9-11)18-12-5-6-12/h7-9,12H,5-6H2,1-4H3. The molecule has 18 heavy (non-hydrogen) atoms. The van der Waals surface area contributed by atoms with Crippen LogP contribution in [0.1, 0.15) is 23.2 Å². The van der Waals surface area contributed by atoms with Gasteiger partial charge < -0.3 is 14.5 Å². The fourth-order valence-electron chi connectivity index (χ4n) is 1.67. The van der Waals surface area contributed by atoms with Crippen molar-refractivity contribution < 1.29 is 9.53 Å². The van der Waals surface area contributed by atoms with E-state index in [2.05, 4.69) is 0 Å². The summed E-state index contributed by atoms with van der Waals surface area (Å²) >= 11 is 0. The molecule has 0 spiro atoms. The van der Waals surface area contributed by atoms with Crippen LogP contribution in [0.4, 0.5) is 5.69 Å². The summed E-state index contributed by atoms with van der Waals surface area (Å²) in [5, 5.41) is 0. The molecular weight excluding hydrogens is 228 g/mol. The van der Waals surface area contributed by atoms with Crippen molar-refractivity contribution in [1.82, 2.24) is 4.90 Å². The number of hydrogen-bond donors (Lipinski definition) is 0. The van der Waals surface area contributed by atoms with Gasteiger partial charge in [0.15, 0.2) is 0 Å². The number of amides is 1. The number of nitrogens with zero attached hydrogens (tertiary/aromatic N) is 2. The number of hydrogen-bond acceptors (Lipinski definition) is 3. The molecule has 0 heterocycles. The van der Waals surface area contributed by atoms with Gasteiger partial charge in [-0.15, -0.1) is 0 Å². The molecule has 1 saturated carbocycles. The lowest BCUT2D eigenvalue weighted by atomic mass is 10.1. The fraction of sp³-hybridized carbons (Fsp3) is 0.500. The third-order valence-electron chi connectivity index (χ3n) is 2.89. The Bertz CT molecular complexity index is 451. The van der Waals surface area contributed by atoms with E-state index in [-0.39, 0.29) is 5.91 Å². The third kappa shape index (κ3) is 2.94. The Labute approximate surface area is 108 Å². The first-order chi connectivity index (χ1) is 8.47. The maximum atomic E-state index is 12.0. The van der Waals surface area contributed by atoms with Crippen molar-refractivity contribution in [2.75, 3.05) is 33.1 Å². The van der Waals surface area contributed by atoms with Crippen LogP contribution in [0.5, 0.6) is 5.75 Å². The smallest absolute Gasteiger partial charge is 0.253 e. The zero-order valence-electron chi connectivity index (χ0n) is 11.4. The molecule has 1 aliphatic carbocycles. The van der Waals surface area contributed by atoms with E-state index in [9.17, 15) is 4.79 Å². The van der Waals surface area contributed by atoms with E-state index in [1.165, 1.54) is 0 Å². The van der Waals surface area contributed by atoms with Gasteiger partial charge in [0.2, 0.25) is 0 Å². The highest BCUT2D eigenvalue weighted by Crippen LogP contribution is 2.30. The summed E-state index contributed by atoms with van der Waals surface area (Å²) < 4.78 is 5.79. The first-order valence-corrected chi connectivity index (χ1v) is 6.18. The van der Waals surface area contributed by atoms with Crippen molar-refractivity contribution >= 4 is 11.6 Å². The van der Waals surface area contributed by atoms with Gasteiger partial charge in [-0.05, 0) is 25.0 Å². The monoisotopic (exact) mass is 248 g/mol. The number of benzene rings is 1. The molecule has 0 unspecified atom stereocenters. The first kappa shape index (κ1) is 12.7. The molecule has 0 bridgehead atoms. The summed E-state index contributed by atoms with van der Waals surface area (Å²) in [6.45, 7) is 0. The second-order valence-corrected chi connectivity index (χ2v) is 5.13. The van der Waals surface area contributed by atoms with Crippen LogP contribution in [0.3, 0.4) is 0 Å². The number of anilines is 1. The van der Waals surface area contributed by atoms with Crippen molar-refractivity contribution in [3.05, 3.63) is 23.8 Å². The Morgan fingerprint density at radius 3 is 2.33 bits per heavy atom. The second kappa shape index (κ2) is 4.88. The molecule has 4 heteroatoms. The van der Waals surface area contributed by atoms with Gasteiger partial charge in [0.1, 0.15) is 5.75 Å². The largest absolute Gasteiger partial charge is 0.490 e. The second-order valence-electron chi connectivity index (χ2n) is 5.13. The topological polar surface area (TPSA) is 32.8 Å². The van der Waals surface area contributed by atoms with E-state index in [0.29, 0.717) is 11.7 Å². The van der Waals surface area contributed by atoms with Crippen LogP contribution in [0, 0.1) is 0 Å². The maximum absolute atomic E-state index is 12.0. The van der Waals surface area contributed by atoms with Crippen LogP contribution in [-0.4, -0.2) is 45.1 Å². The molecule has 0 N–H and O–H groups in total. The lowest BCUT2D eigenvalue weighted by Gasteiger charge is -2.17. The summed E-state index contributed by atoms with van der Waals surface area (Å²) in [5.41, 5.74) is 1.65. The Hall–Kier alpha value is -1.71. The molecule has 0 aromatic heterocycles.